The molecule has 0 heterocycles. The van der Waals surface area contributed by atoms with E-state index in [-0.39, 0.29) is 29.6 Å². The highest BCUT2D eigenvalue weighted by Gasteiger charge is 2.16. The number of carbonyl (C=O) groups excluding carboxylic acids is 2. The summed E-state index contributed by atoms with van der Waals surface area (Å²) in [5.74, 6) is -0.921. The van der Waals surface area contributed by atoms with Gasteiger partial charge in [0, 0.05) is 29.7 Å². The zero-order valence-electron chi connectivity index (χ0n) is 13.0. The van der Waals surface area contributed by atoms with Crippen molar-refractivity contribution in [1.82, 2.24) is 4.90 Å². The number of ether oxygens (including phenoxy) is 1. The molecule has 2 aromatic carbocycles. The summed E-state index contributed by atoms with van der Waals surface area (Å²) in [6, 6.07) is 10.6. The standard InChI is InChI=1S/C17H16ClFN2O3/c1-21(9-13-14(18)3-2-4-15(13)19)17(23)11-5-7-12(8-6-11)24-10-16(20)22/h2-8H,9-10H2,1H3,(H2,20,22). The normalized spacial score (nSPS) is 10.3. The van der Waals surface area contributed by atoms with Crippen molar-refractivity contribution in [2.75, 3.05) is 13.7 Å². The van der Waals surface area contributed by atoms with Crippen molar-refractivity contribution in [2.24, 2.45) is 5.73 Å². The Labute approximate surface area is 143 Å². The summed E-state index contributed by atoms with van der Waals surface area (Å²) in [7, 11) is 1.56. The van der Waals surface area contributed by atoms with Gasteiger partial charge in [0.25, 0.3) is 11.8 Å². The van der Waals surface area contributed by atoms with Gasteiger partial charge in [0.2, 0.25) is 0 Å². The Kier molecular flexibility index (Phi) is 5.76. The molecule has 2 amide bonds. The molecule has 7 heteroatoms. The van der Waals surface area contributed by atoms with Crippen molar-refractivity contribution < 1.29 is 18.7 Å². The van der Waals surface area contributed by atoms with Crippen LogP contribution in [0.1, 0.15) is 15.9 Å². The lowest BCUT2D eigenvalue weighted by atomic mass is 10.1. The van der Waals surface area contributed by atoms with Gasteiger partial charge in [-0.1, -0.05) is 17.7 Å². The van der Waals surface area contributed by atoms with Gasteiger partial charge in [0.1, 0.15) is 11.6 Å². The molecule has 0 atom stereocenters. The third-order valence-electron chi connectivity index (χ3n) is 3.29. The van der Waals surface area contributed by atoms with Crippen molar-refractivity contribution in [3.05, 3.63) is 64.4 Å². The molecule has 0 spiro atoms. The second-order valence-electron chi connectivity index (χ2n) is 5.14. The molecule has 2 aromatic rings. The zero-order valence-corrected chi connectivity index (χ0v) is 13.7. The van der Waals surface area contributed by atoms with E-state index >= 15 is 0 Å². The molecule has 5 nitrogen and oxygen atoms in total. The van der Waals surface area contributed by atoms with Gasteiger partial charge >= 0.3 is 0 Å². The van der Waals surface area contributed by atoms with E-state index in [0.29, 0.717) is 11.3 Å². The highest BCUT2D eigenvalue weighted by Crippen LogP contribution is 2.21. The van der Waals surface area contributed by atoms with E-state index in [1.807, 2.05) is 0 Å². The van der Waals surface area contributed by atoms with Gasteiger partial charge in [-0.25, -0.2) is 4.39 Å². The molecular formula is C17H16ClFN2O3. The van der Waals surface area contributed by atoms with Gasteiger partial charge in [-0.3, -0.25) is 9.59 Å². The molecule has 0 saturated carbocycles. The van der Waals surface area contributed by atoms with Gasteiger partial charge in [0.15, 0.2) is 6.61 Å². The van der Waals surface area contributed by atoms with Crippen LogP contribution < -0.4 is 10.5 Å². The average Bonchev–Trinajstić information content (AvgIpc) is 2.56. The van der Waals surface area contributed by atoms with Crippen LogP contribution in [0.15, 0.2) is 42.5 Å². The number of benzene rings is 2. The van der Waals surface area contributed by atoms with Crippen molar-refractivity contribution in [3.8, 4) is 5.75 Å². The summed E-state index contributed by atoms with van der Waals surface area (Å²) in [4.78, 5) is 24.4. The second-order valence-corrected chi connectivity index (χ2v) is 5.55. The molecule has 2 N–H and O–H groups in total. The highest BCUT2D eigenvalue weighted by molar-refractivity contribution is 6.31. The first-order valence-electron chi connectivity index (χ1n) is 7.08. The Morgan fingerprint density at radius 2 is 1.88 bits per heavy atom. The molecule has 126 valence electrons. The minimum atomic E-state index is -0.586. The minimum absolute atomic E-state index is 0.0459. The first kappa shape index (κ1) is 17.7. The van der Waals surface area contributed by atoms with E-state index in [9.17, 15) is 14.0 Å². The number of halogens is 2. The summed E-state index contributed by atoms with van der Waals surface area (Å²) in [5, 5.41) is 0.268. The van der Waals surface area contributed by atoms with Gasteiger partial charge in [0.05, 0.1) is 0 Å². The van der Waals surface area contributed by atoms with Crippen molar-refractivity contribution >= 4 is 23.4 Å². The van der Waals surface area contributed by atoms with Gasteiger partial charge < -0.3 is 15.4 Å². The van der Waals surface area contributed by atoms with Gasteiger partial charge in [-0.2, -0.15) is 0 Å². The van der Waals surface area contributed by atoms with Crippen molar-refractivity contribution in [2.45, 2.75) is 6.54 Å². The molecule has 0 aromatic heterocycles. The number of nitrogens with zero attached hydrogens (tertiary/aromatic N) is 1. The molecular weight excluding hydrogens is 335 g/mol. The Balaban J connectivity index is 2.06. The van der Waals surface area contributed by atoms with E-state index in [1.165, 1.54) is 17.0 Å². The molecule has 0 saturated heterocycles. The molecule has 0 aliphatic rings. The molecule has 24 heavy (non-hydrogen) atoms. The molecule has 2 rings (SSSR count). The second kappa shape index (κ2) is 7.79. The van der Waals surface area contributed by atoms with E-state index in [2.05, 4.69) is 0 Å². The SMILES string of the molecule is CN(Cc1c(F)cccc1Cl)C(=O)c1ccc(OCC(N)=O)cc1. The Bertz CT molecular complexity index is 730. The van der Waals surface area contributed by atoms with E-state index in [4.69, 9.17) is 22.1 Å². The number of hydrogen-bond donors (Lipinski definition) is 1. The first-order valence-corrected chi connectivity index (χ1v) is 7.46. The Morgan fingerprint density at radius 3 is 2.46 bits per heavy atom. The van der Waals surface area contributed by atoms with E-state index in [0.717, 1.165) is 0 Å². The van der Waals surface area contributed by atoms with Crippen molar-refractivity contribution in [3.63, 3.8) is 0 Å². The van der Waals surface area contributed by atoms with Crippen LogP contribution in [-0.2, 0) is 11.3 Å². The minimum Gasteiger partial charge on any atom is -0.484 e. The molecule has 0 radical (unpaired) electrons. The fourth-order valence-electron chi connectivity index (χ4n) is 2.06. The number of primary amides is 1. The van der Waals surface area contributed by atoms with E-state index < -0.39 is 11.7 Å². The van der Waals surface area contributed by atoms with Crippen LogP contribution in [-0.4, -0.2) is 30.4 Å². The highest BCUT2D eigenvalue weighted by atomic mass is 35.5. The third-order valence-corrected chi connectivity index (χ3v) is 3.64. The van der Waals surface area contributed by atoms with Crippen LogP contribution in [0, 0.1) is 5.82 Å². The largest absolute Gasteiger partial charge is 0.484 e. The van der Waals surface area contributed by atoms with Crippen LogP contribution in [0.25, 0.3) is 0 Å². The number of hydrogen-bond acceptors (Lipinski definition) is 3. The van der Waals surface area contributed by atoms with Gasteiger partial charge in [-0.15, -0.1) is 0 Å². The lowest BCUT2D eigenvalue weighted by Crippen LogP contribution is -2.26. The molecule has 0 aliphatic heterocycles. The lowest BCUT2D eigenvalue weighted by Gasteiger charge is -2.18. The van der Waals surface area contributed by atoms with Crippen LogP contribution in [0.4, 0.5) is 4.39 Å². The van der Waals surface area contributed by atoms with Crippen LogP contribution in [0.3, 0.4) is 0 Å². The number of carbonyl (C=O) groups is 2. The van der Waals surface area contributed by atoms with E-state index in [1.54, 1.807) is 37.4 Å². The predicted octanol–water partition coefficient (Wildman–Crippen LogP) is 2.62. The number of amides is 2. The summed E-state index contributed by atoms with van der Waals surface area (Å²) >= 11 is 5.97. The predicted molar refractivity (Wildman–Crippen MR) is 88.3 cm³/mol. The van der Waals surface area contributed by atoms with Crippen LogP contribution in [0.2, 0.25) is 5.02 Å². The summed E-state index contributed by atoms with van der Waals surface area (Å²) < 4.78 is 18.9. The fraction of sp³-hybridized carbons (Fsp3) is 0.176. The Morgan fingerprint density at radius 1 is 1.21 bits per heavy atom. The number of nitrogens with two attached hydrogens (primary N) is 1. The first-order chi connectivity index (χ1) is 11.4. The van der Waals surface area contributed by atoms with Gasteiger partial charge in [-0.05, 0) is 36.4 Å². The molecule has 0 fully saturated rings. The number of rotatable bonds is 6. The van der Waals surface area contributed by atoms with Crippen LogP contribution in [0.5, 0.6) is 5.75 Å². The molecule has 0 bridgehead atoms. The smallest absolute Gasteiger partial charge is 0.255 e. The van der Waals surface area contributed by atoms with Crippen LogP contribution >= 0.6 is 11.6 Å². The maximum absolute atomic E-state index is 13.8. The zero-order chi connectivity index (χ0) is 17.7. The molecule has 0 aliphatic carbocycles. The molecule has 0 unspecified atom stereocenters. The topological polar surface area (TPSA) is 72.6 Å². The fourth-order valence-corrected chi connectivity index (χ4v) is 2.28. The maximum atomic E-state index is 13.8. The van der Waals surface area contributed by atoms with Crippen molar-refractivity contribution in [1.29, 1.82) is 0 Å². The third kappa shape index (κ3) is 4.45. The monoisotopic (exact) mass is 350 g/mol. The summed E-state index contributed by atoms with van der Waals surface area (Å²) in [6.07, 6.45) is 0. The average molecular weight is 351 g/mol. The lowest BCUT2D eigenvalue weighted by molar-refractivity contribution is -0.119. The summed E-state index contributed by atoms with van der Waals surface area (Å²) in [5.41, 5.74) is 5.65. The Hall–Kier alpha value is -2.60. The summed E-state index contributed by atoms with van der Waals surface area (Å²) in [6.45, 7) is -0.191. The maximum Gasteiger partial charge on any atom is 0.255 e. The quantitative estimate of drug-likeness (QED) is 0.870.